The molecule has 7 heteroatoms. The molecule has 1 heterocycles. The van der Waals surface area contributed by atoms with Gasteiger partial charge < -0.3 is 8.97 Å². The molecule has 0 atom stereocenters. The Bertz CT molecular complexity index is 515. The fourth-order valence-electron chi connectivity index (χ4n) is 0.958. The van der Waals surface area contributed by atoms with Gasteiger partial charge in [0.05, 0.1) is 0 Å². The molecular formula is C7H4KNO4S. The van der Waals surface area contributed by atoms with E-state index >= 15 is 0 Å². The van der Waals surface area contributed by atoms with E-state index in [0.29, 0.717) is 5.52 Å². The summed E-state index contributed by atoms with van der Waals surface area (Å²) in [7, 11) is -4.59. The zero-order chi connectivity index (χ0) is 9.47. The van der Waals surface area contributed by atoms with Crippen LogP contribution in [0.2, 0.25) is 0 Å². The van der Waals surface area contributed by atoms with Gasteiger partial charge in [-0.05, 0) is 12.1 Å². The monoisotopic (exact) mass is 237 g/mol. The van der Waals surface area contributed by atoms with Crippen molar-refractivity contribution in [1.29, 1.82) is 0 Å². The van der Waals surface area contributed by atoms with Crippen molar-refractivity contribution in [3.63, 3.8) is 0 Å². The maximum atomic E-state index is 10.5. The molecule has 0 aliphatic heterocycles. The quantitative estimate of drug-likeness (QED) is 0.413. The predicted octanol–water partition coefficient (Wildman–Crippen LogP) is -2.26. The summed E-state index contributed by atoms with van der Waals surface area (Å²) in [6, 6.07) is 6.44. The minimum Gasteiger partial charge on any atom is -0.740 e. The minimum absolute atomic E-state index is 0. The second kappa shape index (κ2) is 4.39. The first-order valence-corrected chi connectivity index (χ1v) is 4.80. The summed E-state index contributed by atoms with van der Waals surface area (Å²) >= 11 is 0. The van der Waals surface area contributed by atoms with E-state index in [2.05, 4.69) is 4.98 Å². The van der Waals surface area contributed by atoms with Gasteiger partial charge in [-0.25, -0.2) is 13.4 Å². The third-order valence-electron chi connectivity index (χ3n) is 1.49. The number of nitrogens with zero attached hydrogens (tertiary/aromatic N) is 1. The molecule has 68 valence electrons. The van der Waals surface area contributed by atoms with Crippen LogP contribution in [0.3, 0.4) is 0 Å². The number of hydrogen-bond donors (Lipinski definition) is 0. The average molecular weight is 237 g/mol. The summed E-state index contributed by atoms with van der Waals surface area (Å²) in [5, 5.41) is -0.784. The Morgan fingerprint density at radius 3 is 2.50 bits per heavy atom. The fraction of sp³-hybridized carbons (Fsp3) is 0. The summed E-state index contributed by atoms with van der Waals surface area (Å²) in [6.07, 6.45) is 0. The van der Waals surface area contributed by atoms with Gasteiger partial charge in [-0.15, -0.1) is 0 Å². The number of oxazole rings is 1. The molecule has 0 radical (unpaired) electrons. The first kappa shape index (κ1) is 12.3. The van der Waals surface area contributed by atoms with Crippen molar-refractivity contribution >= 4 is 21.2 Å². The number of aromatic nitrogens is 1. The SMILES string of the molecule is O=S(=O)([O-])c1nc2ccccc2o1.[K+]. The molecule has 0 spiro atoms. The Hall–Kier alpha value is 0.236. The molecule has 0 aliphatic rings. The Morgan fingerprint density at radius 1 is 1.29 bits per heavy atom. The summed E-state index contributed by atoms with van der Waals surface area (Å²) in [5.74, 6) is 0. The zero-order valence-corrected chi connectivity index (χ0v) is 11.2. The molecule has 0 saturated carbocycles. The predicted molar refractivity (Wildman–Crippen MR) is 42.0 cm³/mol. The van der Waals surface area contributed by atoms with Crippen LogP contribution in [0.4, 0.5) is 0 Å². The molecule has 14 heavy (non-hydrogen) atoms. The Labute approximate surface area is 123 Å². The van der Waals surface area contributed by atoms with Gasteiger partial charge in [-0.2, -0.15) is 0 Å². The van der Waals surface area contributed by atoms with Gasteiger partial charge in [0.1, 0.15) is 5.52 Å². The van der Waals surface area contributed by atoms with E-state index in [1.54, 1.807) is 18.2 Å². The van der Waals surface area contributed by atoms with Crippen molar-refractivity contribution in [3.8, 4) is 0 Å². The number of para-hydroxylation sites is 2. The normalized spacial score (nSPS) is 11.2. The van der Waals surface area contributed by atoms with Crippen LogP contribution >= 0.6 is 0 Å². The van der Waals surface area contributed by atoms with Gasteiger partial charge in [0.15, 0.2) is 15.7 Å². The number of hydrogen-bond acceptors (Lipinski definition) is 5. The van der Waals surface area contributed by atoms with Gasteiger partial charge in [-0.1, -0.05) is 12.1 Å². The molecule has 0 bridgehead atoms. The van der Waals surface area contributed by atoms with Gasteiger partial charge in [0, 0.05) is 0 Å². The van der Waals surface area contributed by atoms with Gasteiger partial charge >= 0.3 is 56.6 Å². The van der Waals surface area contributed by atoms with E-state index < -0.39 is 15.3 Å². The van der Waals surface area contributed by atoms with Crippen LogP contribution in [0.5, 0.6) is 0 Å². The van der Waals surface area contributed by atoms with Crippen molar-refractivity contribution in [3.05, 3.63) is 24.3 Å². The average Bonchev–Trinajstić information content (AvgIpc) is 2.45. The molecular weight excluding hydrogens is 233 g/mol. The first-order chi connectivity index (χ1) is 6.07. The molecule has 0 amide bonds. The molecule has 0 aliphatic carbocycles. The zero-order valence-electron chi connectivity index (χ0n) is 7.30. The standard InChI is InChI=1S/C7H5NO4S.K/c9-13(10,11)7-8-5-3-1-2-4-6(5)12-7;/h1-4H,(H,9,10,11);/q;+1/p-1. The second-order valence-electron chi connectivity index (χ2n) is 2.40. The third-order valence-corrected chi connectivity index (χ3v) is 2.09. The summed E-state index contributed by atoms with van der Waals surface area (Å²) < 4.78 is 36.2. The molecule has 0 unspecified atom stereocenters. The topological polar surface area (TPSA) is 83.2 Å². The Morgan fingerprint density at radius 2 is 1.93 bits per heavy atom. The van der Waals surface area contributed by atoms with E-state index in [4.69, 9.17) is 4.42 Å². The Kier molecular flexibility index (Phi) is 3.86. The molecule has 0 N–H and O–H groups in total. The van der Waals surface area contributed by atoms with E-state index in [-0.39, 0.29) is 57.0 Å². The minimum atomic E-state index is -4.59. The number of fused-ring (bicyclic) bond motifs is 1. The van der Waals surface area contributed by atoms with Crippen LogP contribution in [0.15, 0.2) is 33.9 Å². The van der Waals surface area contributed by atoms with Crippen LogP contribution < -0.4 is 51.4 Å². The molecule has 0 fully saturated rings. The van der Waals surface area contributed by atoms with E-state index in [1.165, 1.54) is 6.07 Å². The maximum Gasteiger partial charge on any atom is 1.00 e. The second-order valence-corrected chi connectivity index (χ2v) is 3.66. The smallest absolute Gasteiger partial charge is 0.740 e. The maximum absolute atomic E-state index is 10.5. The van der Waals surface area contributed by atoms with Crippen molar-refractivity contribution < 1.29 is 68.8 Å². The third kappa shape index (κ3) is 2.43. The molecule has 0 saturated heterocycles. The summed E-state index contributed by atoms with van der Waals surface area (Å²) in [6.45, 7) is 0. The fourth-order valence-corrected chi connectivity index (χ4v) is 1.36. The molecule has 1 aromatic heterocycles. The number of benzene rings is 1. The van der Waals surface area contributed by atoms with Crippen molar-refractivity contribution in [1.82, 2.24) is 4.98 Å². The van der Waals surface area contributed by atoms with Gasteiger partial charge in [0.2, 0.25) is 0 Å². The van der Waals surface area contributed by atoms with Crippen LogP contribution in [-0.2, 0) is 10.1 Å². The Balaban J connectivity index is 0.000000980. The van der Waals surface area contributed by atoms with Crippen molar-refractivity contribution in [2.75, 3.05) is 0 Å². The molecule has 1 aromatic carbocycles. The first-order valence-electron chi connectivity index (χ1n) is 3.39. The van der Waals surface area contributed by atoms with Crippen LogP contribution in [0, 0.1) is 0 Å². The molecule has 2 rings (SSSR count). The molecule has 5 nitrogen and oxygen atoms in total. The van der Waals surface area contributed by atoms with E-state index in [9.17, 15) is 13.0 Å². The van der Waals surface area contributed by atoms with Gasteiger partial charge in [0.25, 0.3) is 0 Å². The van der Waals surface area contributed by atoms with E-state index in [1.807, 2.05) is 0 Å². The van der Waals surface area contributed by atoms with Crippen LogP contribution in [-0.4, -0.2) is 18.0 Å². The van der Waals surface area contributed by atoms with Crippen molar-refractivity contribution in [2.45, 2.75) is 5.22 Å². The number of rotatable bonds is 1. The summed E-state index contributed by atoms with van der Waals surface area (Å²) in [4.78, 5) is 3.52. The summed E-state index contributed by atoms with van der Waals surface area (Å²) in [5.41, 5.74) is 0.647. The van der Waals surface area contributed by atoms with E-state index in [0.717, 1.165) is 0 Å². The largest absolute Gasteiger partial charge is 1.00 e. The van der Waals surface area contributed by atoms with Crippen LogP contribution in [0.1, 0.15) is 0 Å². The van der Waals surface area contributed by atoms with Crippen LogP contribution in [0.25, 0.3) is 11.1 Å². The van der Waals surface area contributed by atoms with Crippen molar-refractivity contribution in [2.24, 2.45) is 0 Å². The van der Waals surface area contributed by atoms with Gasteiger partial charge in [-0.3, -0.25) is 0 Å². The molecule has 2 aromatic rings.